The van der Waals surface area contributed by atoms with Crippen LogP contribution in [0.25, 0.3) is 6.08 Å². The number of alkyl carbamates (subject to hydrolysis) is 1. The van der Waals surface area contributed by atoms with E-state index < -0.39 is 0 Å². The molecule has 3 heteroatoms. The Hall–Kier alpha value is -1.77. The van der Waals surface area contributed by atoms with Crippen molar-refractivity contribution in [2.24, 2.45) is 5.92 Å². The zero-order chi connectivity index (χ0) is 14.7. The van der Waals surface area contributed by atoms with Gasteiger partial charge in [0.2, 0.25) is 0 Å². The third-order valence-corrected chi connectivity index (χ3v) is 3.48. The van der Waals surface area contributed by atoms with Gasteiger partial charge in [0.15, 0.2) is 0 Å². The number of carbonyl (C=O) groups excluding carboxylic acids is 1. The van der Waals surface area contributed by atoms with E-state index in [2.05, 4.69) is 43.4 Å². The summed E-state index contributed by atoms with van der Waals surface area (Å²) in [5.74, 6) is 0.625. The molecule has 1 amide bonds. The quantitative estimate of drug-likeness (QED) is 0.897. The smallest absolute Gasteiger partial charge is 0.407 e. The van der Waals surface area contributed by atoms with Gasteiger partial charge in [0.25, 0.3) is 0 Å². The van der Waals surface area contributed by atoms with E-state index in [0.29, 0.717) is 12.5 Å². The lowest BCUT2D eigenvalue weighted by atomic mass is 9.97. The maximum atomic E-state index is 11.7. The van der Waals surface area contributed by atoms with Crippen molar-refractivity contribution in [3.8, 4) is 0 Å². The van der Waals surface area contributed by atoms with Crippen molar-refractivity contribution in [1.82, 2.24) is 5.32 Å². The Morgan fingerprint density at radius 2 is 2.15 bits per heavy atom. The molecule has 0 saturated carbocycles. The monoisotopic (exact) mass is 273 g/mol. The fraction of sp³-hybridized carbons (Fsp3) is 0.471. The SMILES string of the molecule is CCOC(=O)NC1C(C)=Cc2ccc(CC(C)C)cc21. The van der Waals surface area contributed by atoms with Crippen molar-refractivity contribution in [3.05, 3.63) is 40.5 Å². The Kier molecular flexibility index (Phi) is 4.48. The number of hydrogen-bond acceptors (Lipinski definition) is 2. The molecule has 0 fully saturated rings. The maximum absolute atomic E-state index is 11.7. The van der Waals surface area contributed by atoms with Gasteiger partial charge in [0.05, 0.1) is 12.6 Å². The van der Waals surface area contributed by atoms with Crippen LogP contribution in [-0.2, 0) is 11.2 Å². The molecule has 2 rings (SSSR count). The van der Waals surface area contributed by atoms with E-state index in [-0.39, 0.29) is 12.1 Å². The minimum atomic E-state index is -0.354. The molecular formula is C17H23NO2. The first-order valence-electron chi connectivity index (χ1n) is 7.25. The lowest BCUT2D eigenvalue weighted by Gasteiger charge is -2.17. The molecule has 0 aromatic heterocycles. The number of rotatable bonds is 4. The van der Waals surface area contributed by atoms with Gasteiger partial charge >= 0.3 is 6.09 Å². The molecule has 1 aliphatic rings. The van der Waals surface area contributed by atoms with E-state index in [4.69, 9.17) is 4.74 Å². The summed E-state index contributed by atoms with van der Waals surface area (Å²) < 4.78 is 4.98. The highest BCUT2D eigenvalue weighted by atomic mass is 16.5. The Balaban J connectivity index is 2.21. The second-order valence-corrected chi connectivity index (χ2v) is 5.75. The summed E-state index contributed by atoms with van der Waals surface area (Å²) >= 11 is 0. The van der Waals surface area contributed by atoms with Crippen LogP contribution in [0.3, 0.4) is 0 Å². The molecule has 1 aromatic rings. The van der Waals surface area contributed by atoms with Gasteiger partial charge in [0, 0.05) is 0 Å². The lowest BCUT2D eigenvalue weighted by Crippen LogP contribution is -2.28. The first kappa shape index (κ1) is 14.6. The molecule has 0 radical (unpaired) electrons. The van der Waals surface area contributed by atoms with Gasteiger partial charge in [-0.25, -0.2) is 4.79 Å². The Labute approximate surface area is 121 Å². The van der Waals surface area contributed by atoms with Crippen LogP contribution in [-0.4, -0.2) is 12.7 Å². The molecule has 20 heavy (non-hydrogen) atoms. The van der Waals surface area contributed by atoms with Gasteiger partial charge < -0.3 is 10.1 Å². The zero-order valence-electron chi connectivity index (χ0n) is 12.7. The molecule has 1 aromatic carbocycles. The van der Waals surface area contributed by atoms with Crippen LogP contribution in [0.5, 0.6) is 0 Å². The molecule has 1 aliphatic carbocycles. The van der Waals surface area contributed by atoms with E-state index >= 15 is 0 Å². The molecule has 1 N–H and O–H groups in total. The molecule has 3 nitrogen and oxygen atoms in total. The maximum Gasteiger partial charge on any atom is 0.407 e. The highest BCUT2D eigenvalue weighted by Gasteiger charge is 2.24. The van der Waals surface area contributed by atoms with Crippen molar-refractivity contribution >= 4 is 12.2 Å². The van der Waals surface area contributed by atoms with E-state index in [0.717, 1.165) is 12.0 Å². The van der Waals surface area contributed by atoms with Crippen LogP contribution in [0.15, 0.2) is 23.8 Å². The lowest BCUT2D eigenvalue weighted by molar-refractivity contribution is 0.149. The summed E-state index contributed by atoms with van der Waals surface area (Å²) in [6.45, 7) is 8.67. The molecule has 108 valence electrons. The molecule has 1 atom stereocenters. The van der Waals surface area contributed by atoms with Crippen LogP contribution in [0.1, 0.15) is 50.4 Å². The van der Waals surface area contributed by atoms with Crippen molar-refractivity contribution in [1.29, 1.82) is 0 Å². The number of ether oxygens (including phenoxy) is 1. The van der Waals surface area contributed by atoms with Crippen molar-refractivity contribution in [2.45, 2.75) is 40.2 Å². The van der Waals surface area contributed by atoms with Crippen LogP contribution in [0, 0.1) is 5.92 Å². The summed E-state index contributed by atoms with van der Waals surface area (Å²) in [6, 6.07) is 6.47. The van der Waals surface area contributed by atoms with Crippen LogP contribution in [0.4, 0.5) is 4.79 Å². The van der Waals surface area contributed by atoms with Gasteiger partial charge in [-0.2, -0.15) is 0 Å². The fourth-order valence-corrected chi connectivity index (χ4v) is 2.66. The summed E-state index contributed by atoms with van der Waals surface area (Å²) in [6.07, 6.45) is 2.83. The van der Waals surface area contributed by atoms with Crippen molar-refractivity contribution < 1.29 is 9.53 Å². The van der Waals surface area contributed by atoms with Crippen LogP contribution >= 0.6 is 0 Å². The normalized spacial score (nSPS) is 16.9. The summed E-state index contributed by atoms with van der Waals surface area (Å²) in [4.78, 5) is 11.7. The molecule has 0 spiro atoms. The molecule has 0 bridgehead atoms. The zero-order valence-corrected chi connectivity index (χ0v) is 12.7. The molecule has 0 heterocycles. The minimum Gasteiger partial charge on any atom is -0.450 e. The Morgan fingerprint density at radius 3 is 2.80 bits per heavy atom. The van der Waals surface area contributed by atoms with E-state index in [9.17, 15) is 4.79 Å². The highest BCUT2D eigenvalue weighted by Crippen LogP contribution is 2.35. The second kappa shape index (κ2) is 6.12. The third-order valence-electron chi connectivity index (χ3n) is 3.48. The Bertz CT molecular complexity index is 532. The first-order chi connectivity index (χ1) is 9.51. The highest BCUT2D eigenvalue weighted by molar-refractivity contribution is 5.73. The third kappa shape index (κ3) is 3.21. The number of benzene rings is 1. The van der Waals surface area contributed by atoms with E-state index in [1.54, 1.807) is 0 Å². The molecule has 0 aliphatic heterocycles. The topological polar surface area (TPSA) is 38.3 Å². The number of fused-ring (bicyclic) bond motifs is 1. The summed E-state index contributed by atoms with van der Waals surface area (Å²) in [5, 5.41) is 2.94. The predicted octanol–water partition coefficient (Wildman–Crippen LogP) is 4.09. The van der Waals surface area contributed by atoms with Crippen molar-refractivity contribution in [3.63, 3.8) is 0 Å². The van der Waals surface area contributed by atoms with Crippen molar-refractivity contribution in [2.75, 3.05) is 6.61 Å². The summed E-state index contributed by atoms with van der Waals surface area (Å²) in [7, 11) is 0. The van der Waals surface area contributed by atoms with Gasteiger partial charge in [-0.1, -0.05) is 38.1 Å². The first-order valence-corrected chi connectivity index (χ1v) is 7.25. The largest absolute Gasteiger partial charge is 0.450 e. The van der Waals surface area contributed by atoms with Crippen LogP contribution in [0.2, 0.25) is 0 Å². The number of hydrogen-bond donors (Lipinski definition) is 1. The van der Waals surface area contributed by atoms with E-state index in [1.807, 2.05) is 13.8 Å². The van der Waals surface area contributed by atoms with Crippen LogP contribution < -0.4 is 5.32 Å². The average Bonchev–Trinajstić information content (AvgIpc) is 2.66. The number of amides is 1. The Morgan fingerprint density at radius 1 is 1.40 bits per heavy atom. The van der Waals surface area contributed by atoms with E-state index in [1.165, 1.54) is 16.7 Å². The predicted molar refractivity (Wildman–Crippen MR) is 81.5 cm³/mol. The molecular weight excluding hydrogens is 250 g/mol. The molecule has 1 unspecified atom stereocenters. The average molecular weight is 273 g/mol. The van der Waals surface area contributed by atoms with Gasteiger partial charge in [-0.3, -0.25) is 0 Å². The number of carbonyl (C=O) groups is 1. The number of nitrogens with one attached hydrogen (secondary N) is 1. The van der Waals surface area contributed by atoms with Gasteiger partial charge in [-0.15, -0.1) is 0 Å². The minimum absolute atomic E-state index is 0.0591. The molecule has 0 saturated heterocycles. The second-order valence-electron chi connectivity index (χ2n) is 5.75. The standard InChI is InChI=1S/C17H23NO2/c1-5-20-17(19)18-16-12(4)9-14-7-6-13(8-11(2)3)10-15(14)16/h6-7,9-11,16H,5,8H2,1-4H3,(H,18,19). The van der Waals surface area contributed by atoms with Gasteiger partial charge in [0.1, 0.15) is 0 Å². The van der Waals surface area contributed by atoms with Gasteiger partial charge in [-0.05, 0) is 48.4 Å². The summed E-state index contributed by atoms with van der Waals surface area (Å²) in [5.41, 5.74) is 4.83. The fourth-order valence-electron chi connectivity index (χ4n) is 2.66.